The summed E-state index contributed by atoms with van der Waals surface area (Å²) in [5.74, 6) is 0.900. The third-order valence-corrected chi connectivity index (χ3v) is 3.91. The highest BCUT2D eigenvalue weighted by Crippen LogP contribution is 2.31. The second-order valence-electron chi connectivity index (χ2n) is 5.72. The largest absolute Gasteiger partial charge is 0.490 e. The van der Waals surface area contributed by atoms with E-state index in [1.165, 1.54) is 37.7 Å². The molecule has 0 heterocycles. The maximum absolute atomic E-state index is 10.4. The molecule has 3 rings (SSSR count). The molecule has 2 nitrogen and oxygen atoms in total. The number of aliphatic hydroxyl groups excluding tert-OH is 1. The Morgan fingerprint density at radius 2 is 2.16 bits per heavy atom. The van der Waals surface area contributed by atoms with Gasteiger partial charge in [0, 0.05) is 0 Å². The number of benzene rings is 1. The maximum atomic E-state index is 10.4. The fourth-order valence-corrected chi connectivity index (χ4v) is 2.63. The second-order valence-corrected chi connectivity index (χ2v) is 5.72. The van der Waals surface area contributed by atoms with E-state index in [1.807, 2.05) is 24.3 Å². The molecule has 0 radical (unpaired) electrons. The molecule has 1 fully saturated rings. The van der Waals surface area contributed by atoms with Crippen molar-refractivity contribution in [3.05, 3.63) is 41.5 Å². The highest BCUT2D eigenvalue weighted by molar-refractivity contribution is 5.31. The average Bonchev–Trinajstić information content (AvgIpc) is 3.24. The molecule has 1 aromatic rings. The van der Waals surface area contributed by atoms with Crippen LogP contribution in [-0.4, -0.2) is 11.2 Å². The summed E-state index contributed by atoms with van der Waals surface area (Å²) in [7, 11) is 0. The molecule has 1 saturated carbocycles. The van der Waals surface area contributed by atoms with Gasteiger partial charge in [0.05, 0.1) is 12.2 Å². The fourth-order valence-electron chi connectivity index (χ4n) is 2.63. The Kier molecular flexibility index (Phi) is 3.88. The van der Waals surface area contributed by atoms with Crippen LogP contribution in [0, 0.1) is 0 Å². The van der Waals surface area contributed by atoms with Crippen molar-refractivity contribution in [1.29, 1.82) is 0 Å². The third-order valence-electron chi connectivity index (χ3n) is 3.91. The lowest BCUT2D eigenvalue weighted by Gasteiger charge is -2.17. The number of rotatable bonds is 5. The molecular formula is C17H22O2. The molecule has 0 spiro atoms. The van der Waals surface area contributed by atoms with Crippen molar-refractivity contribution in [2.45, 2.75) is 57.2 Å². The highest BCUT2D eigenvalue weighted by Gasteiger charge is 2.23. The molecule has 19 heavy (non-hydrogen) atoms. The smallest absolute Gasteiger partial charge is 0.120 e. The predicted octanol–water partition coefficient (Wildman–Crippen LogP) is 4.15. The minimum absolute atomic E-state index is 0.396. The van der Waals surface area contributed by atoms with E-state index in [0.29, 0.717) is 6.10 Å². The van der Waals surface area contributed by atoms with Gasteiger partial charge in [0.25, 0.3) is 0 Å². The Hall–Kier alpha value is -1.28. The van der Waals surface area contributed by atoms with Crippen LogP contribution >= 0.6 is 0 Å². The van der Waals surface area contributed by atoms with Crippen LogP contribution in [-0.2, 0) is 0 Å². The van der Waals surface area contributed by atoms with Crippen LogP contribution in [0.2, 0.25) is 0 Å². The molecule has 1 N–H and O–H groups in total. The standard InChI is InChI=1S/C17H22O2/c18-17(11-13-5-2-1-3-6-13)14-7-4-8-16(12-14)19-15-9-10-15/h4-5,7-8,12,15,17-18H,1-3,6,9-11H2. The summed E-state index contributed by atoms with van der Waals surface area (Å²) < 4.78 is 5.78. The zero-order chi connectivity index (χ0) is 13.1. The van der Waals surface area contributed by atoms with Gasteiger partial charge in [-0.25, -0.2) is 0 Å². The van der Waals surface area contributed by atoms with Crippen LogP contribution in [0.4, 0.5) is 0 Å². The molecular weight excluding hydrogens is 236 g/mol. The van der Waals surface area contributed by atoms with Gasteiger partial charge in [0.2, 0.25) is 0 Å². The minimum Gasteiger partial charge on any atom is -0.490 e. The lowest BCUT2D eigenvalue weighted by atomic mass is 9.93. The molecule has 0 amide bonds. The first kappa shape index (κ1) is 12.7. The van der Waals surface area contributed by atoms with Gasteiger partial charge in [-0.05, 0) is 62.6 Å². The lowest BCUT2D eigenvalue weighted by molar-refractivity contribution is 0.175. The van der Waals surface area contributed by atoms with Gasteiger partial charge < -0.3 is 9.84 Å². The summed E-state index contributed by atoms with van der Waals surface area (Å²) in [5, 5.41) is 10.4. The van der Waals surface area contributed by atoms with Crippen LogP contribution in [0.3, 0.4) is 0 Å². The molecule has 1 aromatic carbocycles. The summed E-state index contributed by atoms with van der Waals surface area (Å²) >= 11 is 0. The first-order chi connectivity index (χ1) is 9.31. The summed E-state index contributed by atoms with van der Waals surface area (Å²) in [4.78, 5) is 0. The van der Waals surface area contributed by atoms with Crippen LogP contribution in [0.5, 0.6) is 5.75 Å². The zero-order valence-electron chi connectivity index (χ0n) is 11.3. The van der Waals surface area contributed by atoms with Gasteiger partial charge in [-0.1, -0.05) is 23.8 Å². The third kappa shape index (κ3) is 3.60. The Morgan fingerprint density at radius 1 is 1.26 bits per heavy atom. The van der Waals surface area contributed by atoms with E-state index in [9.17, 15) is 5.11 Å². The van der Waals surface area contributed by atoms with Crippen molar-refractivity contribution in [2.75, 3.05) is 0 Å². The van der Waals surface area contributed by atoms with Crippen molar-refractivity contribution in [3.63, 3.8) is 0 Å². The number of aliphatic hydroxyl groups is 1. The first-order valence-corrected chi connectivity index (χ1v) is 7.44. The average molecular weight is 258 g/mol. The van der Waals surface area contributed by atoms with Crippen molar-refractivity contribution in [2.24, 2.45) is 0 Å². The van der Waals surface area contributed by atoms with E-state index in [2.05, 4.69) is 6.08 Å². The number of allylic oxidation sites excluding steroid dienone is 1. The van der Waals surface area contributed by atoms with Crippen molar-refractivity contribution in [3.8, 4) is 5.75 Å². The maximum Gasteiger partial charge on any atom is 0.120 e. The van der Waals surface area contributed by atoms with Gasteiger partial charge in [-0.2, -0.15) is 0 Å². The van der Waals surface area contributed by atoms with E-state index < -0.39 is 6.10 Å². The molecule has 0 saturated heterocycles. The van der Waals surface area contributed by atoms with Crippen LogP contribution in [0.1, 0.15) is 56.6 Å². The molecule has 2 aliphatic rings. The van der Waals surface area contributed by atoms with Gasteiger partial charge in [-0.15, -0.1) is 0 Å². The Morgan fingerprint density at radius 3 is 2.89 bits per heavy atom. The summed E-state index contributed by atoms with van der Waals surface area (Å²) in [6, 6.07) is 7.94. The van der Waals surface area contributed by atoms with E-state index >= 15 is 0 Å². The molecule has 0 aromatic heterocycles. The number of hydrogen-bond donors (Lipinski definition) is 1. The molecule has 1 atom stereocenters. The summed E-state index contributed by atoms with van der Waals surface area (Å²) in [5.41, 5.74) is 2.39. The van der Waals surface area contributed by atoms with Crippen LogP contribution < -0.4 is 4.74 Å². The number of hydrogen-bond acceptors (Lipinski definition) is 2. The molecule has 2 heteroatoms. The summed E-state index contributed by atoms with van der Waals surface area (Å²) in [6.45, 7) is 0. The van der Waals surface area contributed by atoms with Crippen LogP contribution in [0.25, 0.3) is 0 Å². The molecule has 0 aliphatic heterocycles. The van der Waals surface area contributed by atoms with Crippen molar-refractivity contribution >= 4 is 0 Å². The zero-order valence-corrected chi connectivity index (χ0v) is 11.3. The lowest BCUT2D eigenvalue weighted by Crippen LogP contribution is -2.03. The highest BCUT2D eigenvalue weighted by atomic mass is 16.5. The number of ether oxygens (including phenoxy) is 1. The molecule has 2 aliphatic carbocycles. The Balaban J connectivity index is 1.64. The topological polar surface area (TPSA) is 29.5 Å². The van der Waals surface area contributed by atoms with Crippen molar-refractivity contribution < 1.29 is 9.84 Å². The Bertz CT molecular complexity index is 460. The van der Waals surface area contributed by atoms with Gasteiger partial charge in [0.1, 0.15) is 5.75 Å². The Labute approximate surface area is 115 Å². The monoisotopic (exact) mass is 258 g/mol. The van der Waals surface area contributed by atoms with Gasteiger partial charge >= 0.3 is 0 Å². The quantitative estimate of drug-likeness (QED) is 0.804. The molecule has 1 unspecified atom stereocenters. The van der Waals surface area contributed by atoms with E-state index in [-0.39, 0.29) is 0 Å². The predicted molar refractivity (Wildman–Crippen MR) is 76.2 cm³/mol. The SMILES string of the molecule is OC(CC1=CCCCC1)c1cccc(OC2CC2)c1. The van der Waals surface area contributed by atoms with E-state index in [0.717, 1.165) is 24.2 Å². The summed E-state index contributed by atoms with van der Waals surface area (Å²) in [6.07, 6.45) is 10.3. The van der Waals surface area contributed by atoms with E-state index in [1.54, 1.807) is 0 Å². The first-order valence-electron chi connectivity index (χ1n) is 7.44. The van der Waals surface area contributed by atoms with Crippen LogP contribution in [0.15, 0.2) is 35.9 Å². The minimum atomic E-state index is -0.396. The normalized spacial score (nSPS) is 20.8. The fraction of sp³-hybridized carbons (Fsp3) is 0.529. The molecule has 0 bridgehead atoms. The van der Waals surface area contributed by atoms with Crippen molar-refractivity contribution in [1.82, 2.24) is 0 Å². The van der Waals surface area contributed by atoms with Gasteiger partial charge in [0.15, 0.2) is 0 Å². The second kappa shape index (κ2) is 5.79. The van der Waals surface area contributed by atoms with E-state index in [4.69, 9.17) is 4.74 Å². The van der Waals surface area contributed by atoms with Gasteiger partial charge in [-0.3, -0.25) is 0 Å². The molecule has 102 valence electrons.